The van der Waals surface area contributed by atoms with Crippen molar-refractivity contribution in [2.45, 2.75) is 11.7 Å². The van der Waals surface area contributed by atoms with Crippen LogP contribution in [-0.4, -0.2) is 43.6 Å². The Bertz CT molecular complexity index is 303. The summed E-state index contributed by atoms with van der Waals surface area (Å²) in [5.41, 5.74) is 0. The number of nitrogens with zero attached hydrogens (tertiary/aromatic N) is 3. The van der Waals surface area contributed by atoms with Crippen LogP contribution in [-0.2, 0) is 11.3 Å². The third-order valence-electron chi connectivity index (χ3n) is 1.44. The van der Waals surface area contributed by atoms with Crippen molar-refractivity contribution in [1.29, 1.82) is 0 Å². The number of hydrogen-bond donors (Lipinski definition) is 1. The smallest absolute Gasteiger partial charge is 0.313 e. The highest BCUT2D eigenvalue weighted by Gasteiger charge is 2.06. The molecule has 0 atom stereocenters. The van der Waals surface area contributed by atoms with E-state index in [1.807, 2.05) is 10.8 Å². The zero-order chi connectivity index (χ0) is 10.4. The van der Waals surface area contributed by atoms with Crippen LogP contribution in [0.15, 0.2) is 11.5 Å². The second-order valence-electron chi connectivity index (χ2n) is 2.48. The Balaban J connectivity index is 2.49. The first-order valence-electron chi connectivity index (χ1n) is 3.95. The zero-order valence-electron chi connectivity index (χ0n) is 7.71. The van der Waals surface area contributed by atoms with E-state index in [9.17, 15) is 4.79 Å². The Labute approximate surface area is 90.3 Å². The van der Waals surface area contributed by atoms with Crippen LogP contribution in [0.3, 0.4) is 0 Å². The van der Waals surface area contributed by atoms with E-state index in [0.29, 0.717) is 5.16 Å². The number of carbonyl (C=O) groups is 1. The molecule has 0 aliphatic heterocycles. The molecule has 1 aromatic rings. The van der Waals surface area contributed by atoms with Crippen molar-refractivity contribution in [3.8, 4) is 0 Å². The van der Waals surface area contributed by atoms with Gasteiger partial charge in [0.15, 0.2) is 5.16 Å². The average molecular weight is 233 g/mol. The number of aryl methyl sites for hydroxylation is 1. The molecule has 0 radical (unpaired) electrons. The monoisotopic (exact) mass is 233 g/mol. The van der Waals surface area contributed by atoms with Gasteiger partial charge in [-0.05, 0) is 6.26 Å². The summed E-state index contributed by atoms with van der Waals surface area (Å²) in [5, 5.41) is 16.8. The topological polar surface area (TPSA) is 68.0 Å². The lowest BCUT2D eigenvalue weighted by molar-refractivity contribution is -0.133. The van der Waals surface area contributed by atoms with Crippen LogP contribution in [0.4, 0.5) is 0 Å². The maximum atomic E-state index is 10.3. The molecule has 0 fully saturated rings. The van der Waals surface area contributed by atoms with E-state index in [2.05, 4.69) is 10.2 Å². The highest BCUT2D eigenvalue weighted by Crippen LogP contribution is 2.14. The van der Waals surface area contributed by atoms with Gasteiger partial charge in [0.2, 0.25) is 0 Å². The maximum Gasteiger partial charge on any atom is 0.313 e. The van der Waals surface area contributed by atoms with Crippen molar-refractivity contribution in [3.63, 3.8) is 0 Å². The van der Waals surface area contributed by atoms with Crippen LogP contribution in [0.25, 0.3) is 0 Å². The third-order valence-corrected chi connectivity index (χ3v) is 3.00. The summed E-state index contributed by atoms with van der Waals surface area (Å²) in [5.74, 6) is 0.158. The van der Waals surface area contributed by atoms with Crippen LogP contribution < -0.4 is 0 Å². The van der Waals surface area contributed by atoms with Gasteiger partial charge in [0.05, 0.1) is 5.75 Å². The van der Waals surface area contributed by atoms with Gasteiger partial charge in [0.1, 0.15) is 6.33 Å². The highest BCUT2D eigenvalue weighted by molar-refractivity contribution is 7.99. The fraction of sp³-hybridized carbons (Fsp3) is 0.571. The van der Waals surface area contributed by atoms with E-state index in [1.54, 1.807) is 18.1 Å². The average Bonchev–Trinajstić information content (AvgIpc) is 2.58. The van der Waals surface area contributed by atoms with Gasteiger partial charge >= 0.3 is 5.97 Å². The van der Waals surface area contributed by atoms with E-state index in [-0.39, 0.29) is 5.75 Å². The lowest BCUT2D eigenvalue weighted by Crippen LogP contribution is -2.04. The molecule has 0 saturated carbocycles. The second kappa shape index (κ2) is 5.92. The fourth-order valence-electron chi connectivity index (χ4n) is 0.825. The molecular weight excluding hydrogens is 222 g/mol. The van der Waals surface area contributed by atoms with Crippen LogP contribution in [0.2, 0.25) is 0 Å². The second-order valence-corrected chi connectivity index (χ2v) is 4.41. The SMILES string of the molecule is CSCCn1cnnc1SCC(=O)O. The molecular formula is C7H11N3O2S2. The standard InChI is InChI=1S/C7H11N3O2S2/c1-13-3-2-10-5-8-9-7(10)14-4-6(11)12/h5H,2-4H2,1H3,(H,11,12). The summed E-state index contributed by atoms with van der Waals surface area (Å²) in [7, 11) is 0. The van der Waals surface area contributed by atoms with Crippen molar-refractivity contribution in [3.05, 3.63) is 6.33 Å². The van der Waals surface area contributed by atoms with E-state index >= 15 is 0 Å². The molecule has 78 valence electrons. The molecule has 0 unspecified atom stereocenters. The van der Waals surface area contributed by atoms with Crippen LogP contribution in [0, 0.1) is 0 Å². The highest BCUT2D eigenvalue weighted by atomic mass is 32.2. The zero-order valence-corrected chi connectivity index (χ0v) is 9.35. The largest absolute Gasteiger partial charge is 0.481 e. The summed E-state index contributed by atoms with van der Waals surface area (Å²) in [4.78, 5) is 10.3. The summed E-state index contributed by atoms with van der Waals surface area (Å²) in [6.07, 6.45) is 3.65. The van der Waals surface area contributed by atoms with Gasteiger partial charge < -0.3 is 9.67 Å². The van der Waals surface area contributed by atoms with Gasteiger partial charge in [0.25, 0.3) is 0 Å². The number of carboxylic acid groups (broad SMARTS) is 1. The number of thioether (sulfide) groups is 2. The minimum Gasteiger partial charge on any atom is -0.481 e. The predicted molar refractivity (Wildman–Crippen MR) is 56.8 cm³/mol. The third kappa shape index (κ3) is 3.59. The number of aromatic nitrogens is 3. The molecule has 0 saturated heterocycles. The molecule has 1 rings (SSSR count). The number of aliphatic carboxylic acids is 1. The molecule has 0 aliphatic carbocycles. The molecule has 7 heteroatoms. The first-order valence-corrected chi connectivity index (χ1v) is 6.33. The van der Waals surface area contributed by atoms with Crippen molar-refractivity contribution in [2.24, 2.45) is 0 Å². The van der Waals surface area contributed by atoms with E-state index in [4.69, 9.17) is 5.11 Å². The van der Waals surface area contributed by atoms with Gasteiger partial charge in [-0.3, -0.25) is 4.79 Å². The Morgan fingerprint density at radius 1 is 1.71 bits per heavy atom. The Hall–Kier alpha value is -0.690. The maximum absolute atomic E-state index is 10.3. The molecule has 0 amide bonds. The lowest BCUT2D eigenvalue weighted by atomic mass is 10.7. The molecule has 1 N–H and O–H groups in total. The van der Waals surface area contributed by atoms with Crippen LogP contribution in [0.1, 0.15) is 0 Å². The van der Waals surface area contributed by atoms with Gasteiger partial charge in [-0.15, -0.1) is 10.2 Å². The molecule has 0 aromatic carbocycles. The molecule has 14 heavy (non-hydrogen) atoms. The number of carboxylic acids is 1. The van der Waals surface area contributed by atoms with Gasteiger partial charge in [-0.2, -0.15) is 11.8 Å². The van der Waals surface area contributed by atoms with Crippen molar-refractivity contribution in [1.82, 2.24) is 14.8 Å². The number of hydrogen-bond acceptors (Lipinski definition) is 5. The first-order chi connectivity index (χ1) is 6.74. The minimum atomic E-state index is -0.839. The minimum absolute atomic E-state index is 0.0258. The van der Waals surface area contributed by atoms with E-state index in [0.717, 1.165) is 12.3 Å². The summed E-state index contributed by atoms with van der Waals surface area (Å²) >= 11 is 2.92. The Morgan fingerprint density at radius 2 is 2.50 bits per heavy atom. The van der Waals surface area contributed by atoms with Gasteiger partial charge in [0, 0.05) is 12.3 Å². The first kappa shape index (κ1) is 11.4. The van der Waals surface area contributed by atoms with E-state index in [1.165, 1.54) is 11.8 Å². The van der Waals surface area contributed by atoms with Crippen molar-refractivity contribution >= 4 is 29.5 Å². The Kier molecular flexibility index (Phi) is 4.81. The number of rotatable bonds is 6. The summed E-state index contributed by atoms with van der Waals surface area (Å²) < 4.78 is 1.87. The lowest BCUT2D eigenvalue weighted by Gasteiger charge is -2.02. The van der Waals surface area contributed by atoms with Gasteiger partial charge in [-0.1, -0.05) is 11.8 Å². The quantitative estimate of drug-likeness (QED) is 0.734. The molecule has 1 heterocycles. The summed E-state index contributed by atoms with van der Waals surface area (Å²) in [6, 6.07) is 0. The van der Waals surface area contributed by atoms with Crippen molar-refractivity contribution in [2.75, 3.05) is 17.8 Å². The molecule has 1 aromatic heterocycles. The summed E-state index contributed by atoms with van der Waals surface area (Å²) in [6.45, 7) is 0.816. The van der Waals surface area contributed by atoms with Crippen LogP contribution in [0.5, 0.6) is 0 Å². The van der Waals surface area contributed by atoms with Crippen molar-refractivity contribution < 1.29 is 9.90 Å². The fourth-order valence-corrected chi connectivity index (χ4v) is 1.87. The molecule has 0 bridgehead atoms. The molecule has 0 spiro atoms. The molecule has 0 aliphatic rings. The van der Waals surface area contributed by atoms with E-state index < -0.39 is 5.97 Å². The Morgan fingerprint density at radius 3 is 3.14 bits per heavy atom. The normalized spacial score (nSPS) is 10.4. The predicted octanol–water partition coefficient (Wildman–Crippen LogP) is 0.818. The molecule has 5 nitrogen and oxygen atoms in total. The van der Waals surface area contributed by atoms with Crippen LogP contribution >= 0.6 is 23.5 Å². The van der Waals surface area contributed by atoms with Gasteiger partial charge in [-0.25, -0.2) is 0 Å².